The molecule has 3 aromatic rings. The summed E-state index contributed by atoms with van der Waals surface area (Å²) in [5.74, 6) is 1.92. The molecule has 2 atom stereocenters. The van der Waals surface area contributed by atoms with Crippen LogP contribution in [0.5, 0.6) is 11.5 Å². The second kappa shape index (κ2) is 10.7. The number of ether oxygens (including phenoxy) is 1. The number of hydrogen-bond acceptors (Lipinski definition) is 3. The Balaban J connectivity index is 1.86. The van der Waals surface area contributed by atoms with Gasteiger partial charge in [0.2, 0.25) is 0 Å². The van der Waals surface area contributed by atoms with E-state index in [2.05, 4.69) is 66.8 Å². The van der Waals surface area contributed by atoms with E-state index in [1.165, 1.54) is 16.7 Å². The summed E-state index contributed by atoms with van der Waals surface area (Å²) in [5, 5.41) is 12.8. The molecule has 0 aromatic heterocycles. The summed E-state index contributed by atoms with van der Waals surface area (Å²) in [4.78, 5) is 0. The number of phenolic OH excluding ortho intramolecular Hbond substituents is 1. The fraction of sp³-hybridized carbons (Fsp3) is 0.308. The molecule has 0 fully saturated rings. The fourth-order valence-corrected chi connectivity index (χ4v) is 3.79. The summed E-state index contributed by atoms with van der Waals surface area (Å²) in [6.07, 6.45) is 2.11. The molecule has 0 saturated heterocycles. The minimum Gasteiger partial charge on any atom is -0.508 e. The molecule has 3 heteroatoms. The largest absolute Gasteiger partial charge is 0.508 e. The lowest BCUT2D eigenvalue weighted by Crippen LogP contribution is -2.15. The molecule has 3 nitrogen and oxygen atoms in total. The van der Waals surface area contributed by atoms with Gasteiger partial charge in [0.25, 0.3) is 0 Å². The highest BCUT2D eigenvalue weighted by atomic mass is 16.5. The van der Waals surface area contributed by atoms with Crippen LogP contribution < -0.4 is 10.1 Å². The van der Waals surface area contributed by atoms with Gasteiger partial charge >= 0.3 is 0 Å². The van der Waals surface area contributed by atoms with Crippen LogP contribution in [0.2, 0.25) is 0 Å². The zero-order valence-corrected chi connectivity index (χ0v) is 17.3. The molecule has 29 heavy (non-hydrogen) atoms. The number of rotatable bonds is 10. The highest BCUT2D eigenvalue weighted by Crippen LogP contribution is 2.37. The molecule has 0 radical (unpaired) electrons. The van der Waals surface area contributed by atoms with Gasteiger partial charge in [0.05, 0.1) is 0 Å². The topological polar surface area (TPSA) is 41.5 Å². The number of nitrogens with one attached hydrogen (secondary N) is 1. The van der Waals surface area contributed by atoms with E-state index in [0.29, 0.717) is 18.3 Å². The Bertz CT molecular complexity index is 844. The number of phenols is 1. The lowest BCUT2D eigenvalue weighted by Gasteiger charge is -2.24. The lowest BCUT2D eigenvalue weighted by atomic mass is 9.80. The maximum absolute atomic E-state index is 9.73. The van der Waals surface area contributed by atoms with Crippen LogP contribution in [-0.4, -0.2) is 25.3 Å². The number of aromatic hydroxyl groups is 1. The van der Waals surface area contributed by atoms with Gasteiger partial charge < -0.3 is 15.2 Å². The minimum absolute atomic E-state index is 0.257. The first-order valence-corrected chi connectivity index (χ1v) is 10.4. The van der Waals surface area contributed by atoms with Crippen molar-refractivity contribution in [2.45, 2.75) is 31.6 Å². The van der Waals surface area contributed by atoms with Crippen molar-refractivity contribution < 1.29 is 9.84 Å². The van der Waals surface area contributed by atoms with E-state index in [-0.39, 0.29) is 5.92 Å². The molecule has 2 N–H and O–H groups in total. The molecule has 0 aliphatic carbocycles. The van der Waals surface area contributed by atoms with Crippen molar-refractivity contribution >= 4 is 0 Å². The standard InChI is InChI=1S/C26H31NO2/c1-3-20(21-7-5-4-6-8-21)19-26(22-9-13-24(28)14-10-22)23-11-15-25(16-12-23)29-18-17-27-2/h4-16,20,26-28H,3,17-19H2,1-2H3. The molecule has 0 saturated carbocycles. The normalized spacial score (nSPS) is 13.0. The summed E-state index contributed by atoms with van der Waals surface area (Å²) in [6, 6.07) is 26.8. The zero-order chi connectivity index (χ0) is 20.5. The molecule has 3 rings (SSSR count). The van der Waals surface area contributed by atoms with E-state index in [1.807, 2.05) is 19.2 Å². The Hall–Kier alpha value is -2.78. The van der Waals surface area contributed by atoms with Crippen LogP contribution in [0.1, 0.15) is 48.3 Å². The van der Waals surface area contributed by atoms with E-state index in [9.17, 15) is 5.11 Å². The second-order valence-corrected chi connectivity index (χ2v) is 7.42. The zero-order valence-electron chi connectivity index (χ0n) is 17.3. The predicted octanol–water partition coefficient (Wildman–Crippen LogP) is 5.71. The van der Waals surface area contributed by atoms with E-state index >= 15 is 0 Å². The summed E-state index contributed by atoms with van der Waals surface area (Å²) in [6.45, 7) is 3.74. The van der Waals surface area contributed by atoms with Crippen LogP contribution in [0.25, 0.3) is 0 Å². The predicted molar refractivity (Wildman–Crippen MR) is 120 cm³/mol. The van der Waals surface area contributed by atoms with Crippen molar-refractivity contribution in [3.63, 3.8) is 0 Å². The molecule has 0 bridgehead atoms. The van der Waals surface area contributed by atoms with Crippen molar-refractivity contribution in [3.8, 4) is 11.5 Å². The van der Waals surface area contributed by atoms with Crippen molar-refractivity contribution in [3.05, 3.63) is 95.6 Å². The van der Waals surface area contributed by atoms with Crippen molar-refractivity contribution in [1.82, 2.24) is 5.32 Å². The van der Waals surface area contributed by atoms with Gasteiger partial charge in [-0.25, -0.2) is 0 Å². The van der Waals surface area contributed by atoms with Gasteiger partial charge in [-0.1, -0.05) is 61.5 Å². The molecule has 0 amide bonds. The summed E-state index contributed by atoms with van der Waals surface area (Å²) < 4.78 is 5.78. The molecular formula is C26H31NO2. The second-order valence-electron chi connectivity index (χ2n) is 7.42. The Labute approximate surface area is 174 Å². The minimum atomic E-state index is 0.257. The first-order valence-electron chi connectivity index (χ1n) is 10.4. The van der Waals surface area contributed by atoms with Crippen LogP contribution in [0.15, 0.2) is 78.9 Å². The number of benzene rings is 3. The third-order valence-corrected chi connectivity index (χ3v) is 5.48. The molecule has 0 aliphatic heterocycles. The van der Waals surface area contributed by atoms with E-state index in [0.717, 1.165) is 25.1 Å². The van der Waals surface area contributed by atoms with Gasteiger partial charge in [0.15, 0.2) is 0 Å². The van der Waals surface area contributed by atoms with Gasteiger partial charge in [-0.2, -0.15) is 0 Å². The van der Waals surface area contributed by atoms with Gasteiger partial charge in [-0.3, -0.25) is 0 Å². The highest BCUT2D eigenvalue weighted by molar-refractivity contribution is 5.38. The molecule has 0 spiro atoms. The van der Waals surface area contributed by atoms with Crippen molar-refractivity contribution in [2.24, 2.45) is 0 Å². The molecule has 0 aliphatic rings. The van der Waals surface area contributed by atoms with Gasteiger partial charge in [-0.15, -0.1) is 0 Å². The number of likely N-dealkylation sites (N-methyl/N-ethyl adjacent to an activating group) is 1. The molecule has 152 valence electrons. The highest BCUT2D eigenvalue weighted by Gasteiger charge is 2.20. The Morgan fingerprint density at radius 1 is 0.828 bits per heavy atom. The summed E-state index contributed by atoms with van der Waals surface area (Å²) >= 11 is 0. The average Bonchev–Trinajstić information content (AvgIpc) is 2.77. The first kappa shape index (κ1) is 20.9. The third kappa shape index (κ3) is 5.85. The maximum Gasteiger partial charge on any atom is 0.119 e. The fourth-order valence-electron chi connectivity index (χ4n) is 3.79. The Morgan fingerprint density at radius 2 is 1.45 bits per heavy atom. The average molecular weight is 390 g/mol. The smallest absolute Gasteiger partial charge is 0.119 e. The van der Waals surface area contributed by atoms with Crippen LogP contribution >= 0.6 is 0 Å². The molecule has 2 unspecified atom stereocenters. The van der Waals surface area contributed by atoms with Crippen LogP contribution in [0, 0.1) is 0 Å². The molecule has 3 aromatic carbocycles. The number of hydrogen-bond donors (Lipinski definition) is 2. The molecule has 0 heterocycles. The first-order chi connectivity index (χ1) is 14.2. The van der Waals surface area contributed by atoms with Gasteiger partial charge in [-0.05, 0) is 66.8 Å². The van der Waals surface area contributed by atoms with Crippen molar-refractivity contribution in [1.29, 1.82) is 0 Å². The summed E-state index contributed by atoms with van der Waals surface area (Å²) in [7, 11) is 1.92. The van der Waals surface area contributed by atoms with Gasteiger partial charge in [0.1, 0.15) is 18.1 Å². The van der Waals surface area contributed by atoms with E-state index in [4.69, 9.17) is 4.74 Å². The van der Waals surface area contributed by atoms with E-state index < -0.39 is 0 Å². The van der Waals surface area contributed by atoms with Crippen molar-refractivity contribution in [2.75, 3.05) is 20.2 Å². The van der Waals surface area contributed by atoms with Gasteiger partial charge in [0, 0.05) is 12.5 Å². The quantitative estimate of drug-likeness (QED) is 0.437. The molecular weight excluding hydrogens is 358 g/mol. The SMILES string of the molecule is CCC(CC(c1ccc(O)cc1)c1ccc(OCCNC)cc1)c1ccccc1. The third-order valence-electron chi connectivity index (χ3n) is 5.48. The summed E-state index contributed by atoms with van der Waals surface area (Å²) in [5.41, 5.74) is 3.87. The monoisotopic (exact) mass is 389 g/mol. The Morgan fingerprint density at radius 3 is 2.03 bits per heavy atom. The Kier molecular flexibility index (Phi) is 7.71. The lowest BCUT2D eigenvalue weighted by molar-refractivity contribution is 0.318. The maximum atomic E-state index is 9.73. The van der Waals surface area contributed by atoms with Crippen LogP contribution in [-0.2, 0) is 0 Å². The van der Waals surface area contributed by atoms with E-state index in [1.54, 1.807) is 12.1 Å². The van der Waals surface area contributed by atoms with Crippen LogP contribution in [0.4, 0.5) is 0 Å². The van der Waals surface area contributed by atoms with Crippen LogP contribution in [0.3, 0.4) is 0 Å².